The van der Waals surface area contributed by atoms with Crippen molar-refractivity contribution in [1.82, 2.24) is 10.2 Å². The maximum absolute atomic E-state index is 11.9. The Morgan fingerprint density at radius 2 is 2.40 bits per heavy atom. The quantitative estimate of drug-likeness (QED) is 0.568. The van der Waals surface area contributed by atoms with Gasteiger partial charge >= 0.3 is 11.9 Å². The first-order valence-corrected chi connectivity index (χ1v) is 6.39. The lowest BCUT2D eigenvalue weighted by atomic mass is 9.86. The zero-order chi connectivity index (χ0) is 14.3. The Morgan fingerprint density at radius 1 is 1.60 bits per heavy atom. The van der Waals surface area contributed by atoms with Gasteiger partial charge in [0.2, 0.25) is 0 Å². The van der Waals surface area contributed by atoms with E-state index < -0.39 is 17.9 Å². The molecule has 0 unspecified atom stereocenters. The van der Waals surface area contributed by atoms with Crippen molar-refractivity contribution in [2.45, 2.75) is 19.4 Å². The minimum Gasteiger partial charge on any atom is -0.481 e. The number of nitrogens with one attached hydrogen (secondary N) is 1. The number of rotatable bonds is 2. The smallest absolute Gasteiger partial charge is 0.310 e. The zero-order valence-corrected chi connectivity index (χ0v) is 11.0. The number of aromatic amines is 1. The number of carboxylic acid groups (broad SMARTS) is 1. The Labute approximate surface area is 115 Å². The van der Waals surface area contributed by atoms with Crippen LogP contribution in [-0.2, 0) is 27.4 Å². The van der Waals surface area contributed by atoms with Gasteiger partial charge in [-0.1, -0.05) is 11.5 Å². The van der Waals surface area contributed by atoms with E-state index in [0.717, 1.165) is 27.5 Å². The number of carbonyl (C=O) groups excluding carboxylic acids is 1. The molecule has 0 bridgehead atoms. The molecule has 0 saturated heterocycles. The van der Waals surface area contributed by atoms with Crippen LogP contribution in [-0.4, -0.2) is 35.1 Å². The van der Waals surface area contributed by atoms with E-state index in [0.29, 0.717) is 6.42 Å². The van der Waals surface area contributed by atoms with Gasteiger partial charge in [-0.25, -0.2) is 0 Å². The normalized spacial score (nSPS) is 18.4. The summed E-state index contributed by atoms with van der Waals surface area (Å²) in [5.41, 5.74) is 3.84. The van der Waals surface area contributed by atoms with Gasteiger partial charge in [-0.15, -0.1) is 0 Å². The summed E-state index contributed by atoms with van der Waals surface area (Å²) in [7, 11) is 1.96. The lowest BCUT2D eigenvalue weighted by molar-refractivity contribution is -0.153. The number of fused-ring (bicyclic) bond motifs is 3. The first-order valence-electron chi connectivity index (χ1n) is 6.39. The lowest BCUT2D eigenvalue weighted by Crippen LogP contribution is -2.21. The summed E-state index contributed by atoms with van der Waals surface area (Å²) in [4.78, 5) is 22.7. The van der Waals surface area contributed by atoms with Gasteiger partial charge in [0.1, 0.15) is 14.5 Å². The van der Waals surface area contributed by atoms with Crippen LogP contribution in [0.2, 0.25) is 0 Å². The van der Waals surface area contributed by atoms with Gasteiger partial charge < -0.3 is 9.84 Å². The van der Waals surface area contributed by atoms with Crippen molar-refractivity contribution >= 4 is 36.2 Å². The molecule has 6 nitrogen and oxygen atoms in total. The third kappa shape index (κ3) is 2.05. The summed E-state index contributed by atoms with van der Waals surface area (Å²) in [6.07, 6.45) is 1.90. The minimum absolute atomic E-state index is 0.167. The molecule has 1 aromatic carbocycles. The molecule has 0 radical (unpaired) electrons. The molecule has 7 heteroatoms. The van der Waals surface area contributed by atoms with Crippen LogP contribution in [0, 0.1) is 5.92 Å². The highest BCUT2D eigenvalue weighted by Crippen LogP contribution is 2.27. The second kappa shape index (κ2) is 4.66. The van der Waals surface area contributed by atoms with Crippen molar-refractivity contribution in [1.29, 1.82) is 0 Å². The van der Waals surface area contributed by atoms with Crippen LogP contribution >= 0.6 is 0 Å². The van der Waals surface area contributed by atoms with Crippen LogP contribution in [0.15, 0.2) is 12.3 Å². The summed E-state index contributed by atoms with van der Waals surface area (Å²) >= 11 is 0. The van der Waals surface area contributed by atoms with E-state index in [1.54, 1.807) is 6.20 Å². The average Bonchev–Trinajstić information content (AvgIpc) is 2.81. The Morgan fingerprint density at radius 3 is 3.15 bits per heavy atom. The molecule has 3 rings (SSSR count). The van der Waals surface area contributed by atoms with Crippen LogP contribution in [0.1, 0.15) is 17.5 Å². The topological polar surface area (TPSA) is 92.3 Å². The van der Waals surface area contributed by atoms with Crippen molar-refractivity contribution in [3.05, 3.63) is 23.4 Å². The molecule has 1 aliphatic heterocycles. The molecule has 2 N–H and O–H groups in total. The predicted molar refractivity (Wildman–Crippen MR) is 73.5 cm³/mol. The number of ether oxygens (including phenoxy) is 1. The van der Waals surface area contributed by atoms with Crippen molar-refractivity contribution in [3.63, 3.8) is 0 Å². The fourth-order valence-corrected chi connectivity index (χ4v) is 2.74. The second-order valence-corrected chi connectivity index (χ2v) is 5.10. The van der Waals surface area contributed by atoms with E-state index in [-0.39, 0.29) is 13.0 Å². The number of aromatic nitrogens is 2. The summed E-state index contributed by atoms with van der Waals surface area (Å²) in [5.74, 6) is -2.06. The van der Waals surface area contributed by atoms with Gasteiger partial charge in [0, 0.05) is 10.9 Å². The highest BCUT2D eigenvalue weighted by molar-refractivity contribution is 6.38. The van der Waals surface area contributed by atoms with E-state index in [1.165, 1.54) is 0 Å². The lowest BCUT2D eigenvalue weighted by Gasteiger charge is -2.10. The average molecular weight is 272 g/mol. The number of carbonyl (C=O) groups is 2. The predicted octanol–water partition coefficient (Wildman–Crippen LogP) is -0.489. The molecule has 0 spiro atoms. The Kier molecular flexibility index (Phi) is 2.96. The van der Waals surface area contributed by atoms with E-state index in [1.807, 2.05) is 13.9 Å². The fourth-order valence-electron chi connectivity index (χ4n) is 2.74. The molecule has 0 saturated carbocycles. The molecule has 2 heterocycles. The van der Waals surface area contributed by atoms with Gasteiger partial charge in [-0.2, -0.15) is 5.10 Å². The molecule has 1 atom stereocenters. The first-order chi connectivity index (χ1) is 9.56. The molecular weight excluding hydrogens is 259 g/mol. The maximum Gasteiger partial charge on any atom is 0.310 e. The summed E-state index contributed by atoms with van der Waals surface area (Å²) in [6, 6.07) is 1.98. The summed E-state index contributed by atoms with van der Waals surface area (Å²) in [6.45, 7) is 0.167. The Bertz CT molecular complexity index is 710. The number of nitrogens with zero attached hydrogens (tertiary/aromatic N) is 1. The number of hydrogen-bond donors (Lipinski definition) is 2. The zero-order valence-electron chi connectivity index (χ0n) is 11.0. The summed E-state index contributed by atoms with van der Waals surface area (Å²) < 4.78 is 5.22. The Balaban J connectivity index is 2.08. The van der Waals surface area contributed by atoms with Crippen LogP contribution < -0.4 is 5.46 Å². The second-order valence-electron chi connectivity index (χ2n) is 5.10. The standard InChI is InChI=1S/C13H13BN2O4/c14-10-2-6-1-7(3-11(17)18)13(19)20-5-9(6)8-4-15-16-12(8)10/h2,4,7H,1,3,5,14H2,(H,15,16)(H,17,18)/t7-/m0/s1. The number of carboxylic acids is 1. The number of cyclic esters (lactones) is 1. The van der Waals surface area contributed by atoms with Gasteiger partial charge in [-0.3, -0.25) is 14.7 Å². The van der Waals surface area contributed by atoms with Crippen LogP contribution in [0.5, 0.6) is 0 Å². The molecule has 20 heavy (non-hydrogen) atoms. The molecule has 0 amide bonds. The number of aliphatic carboxylic acids is 1. The van der Waals surface area contributed by atoms with Crippen LogP contribution in [0.4, 0.5) is 0 Å². The maximum atomic E-state index is 11.9. The van der Waals surface area contributed by atoms with Crippen LogP contribution in [0.25, 0.3) is 10.9 Å². The number of H-pyrrole nitrogens is 1. The molecule has 2 aromatic rings. The highest BCUT2D eigenvalue weighted by atomic mass is 16.5. The van der Waals surface area contributed by atoms with Crippen molar-refractivity contribution in [2.24, 2.45) is 5.92 Å². The SMILES string of the molecule is Bc1cc2c(c3cn[nH]c13)COC(=O)[C@H](CC(=O)O)C2. The van der Waals surface area contributed by atoms with Crippen molar-refractivity contribution in [3.8, 4) is 0 Å². The van der Waals surface area contributed by atoms with Crippen molar-refractivity contribution < 1.29 is 19.4 Å². The first kappa shape index (κ1) is 12.7. The van der Waals surface area contributed by atoms with Gasteiger partial charge in [-0.05, 0) is 12.0 Å². The van der Waals surface area contributed by atoms with E-state index in [9.17, 15) is 9.59 Å². The third-order valence-corrected chi connectivity index (χ3v) is 3.72. The highest BCUT2D eigenvalue weighted by Gasteiger charge is 2.29. The molecule has 0 aliphatic carbocycles. The molecule has 0 fully saturated rings. The largest absolute Gasteiger partial charge is 0.481 e. The number of esters is 1. The fraction of sp³-hybridized carbons (Fsp3) is 0.308. The number of hydrogen-bond acceptors (Lipinski definition) is 4. The third-order valence-electron chi connectivity index (χ3n) is 3.72. The van der Waals surface area contributed by atoms with Crippen molar-refractivity contribution in [2.75, 3.05) is 0 Å². The van der Waals surface area contributed by atoms with Gasteiger partial charge in [0.05, 0.1) is 24.1 Å². The molecule has 1 aromatic heterocycles. The van der Waals surface area contributed by atoms with E-state index in [4.69, 9.17) is 9.84 Å². The van der Waals surface area contributed by atoms with Gasteiger partial charge in [0.25, 0.3) is 0 Å². The summed E-state index contributed by atoms with van der Waals surface area (Å²) in [5, 5.41) is 16.8. The van der Waals surface area contributed by atoms with Gasteiger partial charge in [0.15, 0.2) is 0 Å². The Hall–Kier alpha value is -2.31. The molecule has 102 valence electrons. The van der Waals surface area contributed by atoms with E-state index >= 15 is 0 Å². The number of benzene rings is 1. The molecular formula is C13H13BN2O4. The van der Waals surface area contributed by atoms with E-state index in [2.05, 4.69) is 10.2 Å². The monoisotopic (exact) mass is 272 g/mol. The minimum atomic E-state index is -0.989. The van der Waals surface area contributed by atoms with Crippen LogP contribution in [0.3, 0.4) is 0 Å². The molecule has 1 aliphatic rings.